The molecule has 1 aliphatic heterocycles. The molecule has 0 saturated carbocycles. The number of ether oxygens (including phenoxy) is 1. The van der Waals surface area contributed by atoms with E-state index in [1.165, 1.54) is 0 Å². The number of amides is 2. The Morgan fingerprint density at radius 1 is 1.08 bits per heavy atom. The van der Waals surface area contributed by atoms with Gasteiger partial charge in [-0.2, -0.15) is 0 Å². The predicted molar refractivity (Wildman–Crippen MR) is 99.8 cm³/mol. The largest absolute Gasteiger partial charge is 0.444 e. The first-order valence-corrected chi connectivity index (χ1v) is 8.91. The average Bonchev–Trinajstić information content (AvgIpc) is 2.60. The van der Waals surface area contributed by atoms with Crippen LogP contribution in [0.1, 0.15) is 26.3 Å². The molecular formula is C20H25N3O3. The van der Waals surface area contributed by atoms with E-state index in [-0.39, 0.29) is 12.0 Å². The molecule has 3 rings (SSSR count). The number of pyridine rings is 1. The van der Waals surface area contributed by atoms with Crippen molar-refractivity contribution in [3.05, 3.63) is 42.1 Å². The van der Waals surface area contributed by atoms with Crippen molar-refractivity contribution in [3.63, 3.8) is 0 Å². The summed E-state index contributed by atoms with van der Waals surface area (Å²) in [5.41, 5.74) is 1.32. The molecule has 0 atom stereocenters. The minimum atomic E-state index is -0.507. The van der Waals surface area contributed by atoms with Crippen LogP contribution in [0.2, 0.25) is 0 Å². The first kappa shape index (κ1) is 18.2. The van der Waals surface area contributed by atoms with Crippen molar-refractivity contribution in [2.75, 3.05) is 26.2 Å². The van der Waals surface area contributed by atoms with E-state index in [9.17, 15) is 9.59 Å². The quantitative estimate of drug-likeness (QED) is 0.831. The lowest BCUT2D eigenvalue weighted by molar-refractivity contribution is -0.132. The molecule has 2 aromatic rings. The molecule has 1 aromatic carbocycles. The Labute approximate surface area is 153 Å². The fraction of sp³-hybridized carbons (Fsp3) is 0.450. The van der Waals surface area contributed by atoms with Gasteiger partial charge < -0.3 is 14.5 Å². The number of hydrogen-bond acceptors (Lipinski definition) is 4. The van der Waals surface area contributed by atoms with E-state index in [2.05, 4.69) is 4.98 Å². The van der Waals surface area contributed by atoms with Gasteiger partial charge in [0.1, 0.15) is 5.60 Å². The minimum absolute atomic E-state index is 0.0610. The zero-order valence-corrected chi connectivity index (χ0v) is 15.6. The lowest BCUT2D eigenvalue weighted by Crippen LogP contribution is -2.52. The molecule has 2 heterocycles. The molecule has 6 heteroatoms. The van der Waals surface area contributed by atoms with Crippen molar-refractivity contribution >= 4 is 22.9 Å². The number of benzene rings is 1. The first-order chi connectivity index (χ1) is 12.3. The molecule has 1 aromatic heterocycles. The Bertz CT molecular complexity index is 805. The van der Waals surface area contributed by atoms with Crippen LogP contribution in [-0.4, -0.2) is 58.6 Å². The fourth-order valence-electron chi connectivity index (χ4n) is 2.96. The highest BCUT2D eigenvalue weighted by molar-refractivity contribution is 5.83. The smallest absolute Gasteiger partial charge is 0.410 e. The van der Waals surface area contributed by atoms with E-state index in [4.69, 9.17) is 4.74 Å². The monoisotopic (exact) mass is 355 g/mol. The Kier molecular flexibility index (Phi) is 5.11. The highest BCUT2D eigenvalue weighted by atomic mass is 16.6. The number of rotatable bonds is 2. The van der Waals surface area contributed by atoms with Crippen LogP contribution in [0.5, 0.6) is 0 Å². The molecule has 0 N–H and O–H groups in total. The highest BCUT2D eigenvalue weighted by Crippen LogP contribution is 2.15. The maximum atomic E-state index is 12.6. The summed E-state index contributed by atoms with van der Waals surface area (Å²) in [4.78, 5) is 32.5. The molecule has 0 unspecified atom stereocenters. The number of hydrogen-bond donors (Lipinski definition) is 0. The summed E-state index contributed by atoms with van der Waals surface area (Å²) in [7, 11) is 0. The summed E-state index contributed by atoms with van der Waals surface area (Å²) in [6, 6.07) is 9.87. The van der Waals surface area contributed by atoms with Crippen molar-refractivity contribution in [1.82, 2.24) is 14.8 Å². The van der Waals surface area contributed by atoms with E-state index < -0.39 is 5.60 Å². The second kappa shape index (κ2) is 7.32. The van der Waals surface area contributed by atoms with Crippen LogP contribution in [0.3, 0.4) is 0 Å². The van der Waals surface area contributed by atoms with Crippen LogP contribution in [0.4, 0.5) is 4.79 Å². The van der Waals surface area contributed by atoms with Gasteiger partial charge >= 0.3 is 6.09 Å². The van der Waals surface area contributed by atoms with Crippen molar-refractivity contribution < 1.29 is 14.3 Å². The topological polar surface area (TPSA) is 62.7 Å². The van der Waals surface area contributed by atoms with Gasteiger partial charge in [-0.1, -0.05) is 18.2 Å². The number of piperazine rings is 1. The summed E-state index contributed by atoms with van der Waals surface area (Å²) in [5, 5.41) is 1.03. The van der Waals surface area contributed by atoms with Gasteiger partial charge in [-0.3, -0.25) is 9.78 Å². The van der Waals surface area contributed by atoms with E-state index >= 15 is 0 Å². The molecule has 1 fully saturated rings. The lowest BCUT2D eigenvalue weighted by Gasteiger charge is -2.35. The van der Waals surface area contributed by atoms with Crippen LogP contribution in [-0.2, 0) is 16.0 Å². The van der Waals surface area contributed by atoms with Gasteiger partial charge in [-0.05, 0) is 38.5 Å². The highest BCUT2D eigenvalue weighted by Gasteiger charge is 2.27. The summed E-state index contributed by atoms with van der Waals surface area (Å²) in [5.74, 6) is 0.0610. The van der Waals surface area contributed by atoms with Gasteiger partial charge in [-0.25, -0.2) is 4.79 Å². The molecule has 1 aliphatic rings. The summed E-state index contributed by atoms with van der Waals surface area (Å²) < 4.78 is 5.38. The van der Waals surface area contributed by atoms with Crippen LogP contribution in [0.15, 0.2) is 36.5 Å². The number of nitrogens with zero attached hydrogens (tertiary/aromatic N) is 3. The maximum Gasteiger partial charge on any atom is 0.410 e. The SMILES string of the molecule is CC(C)(C)OC(=O)N1CCN(C(=O)Cc2cnc3ccccc3c2)CC1. The molecule has 26 heavy (non-hydrogen) atoms. The second-order valence-corrected chi connectivity index (χ2v) is 7.56. The van der Waals surface area contributed by atoms with Crippen LogP contribution in [0, 0.1) is 0 Å². The van der Waals surface area contributed by atoms with Gasteiger partial charge in [0.2, 0.25) is 5.91 Å². The van der Waals surface area contributed by atoms with E-state index in [1.54, 1.807) is 16.0 Å². The molecule has 0 aliphatic carbocycles. The summed E-state index contributed by atoms with van der Waals surface area (Å²) in [6.07, 6.45) is 1.77. The Morgan fingerprint density at radius 3 is 2.42 bits per heavy atom. The molecule has 1 saturated heterocycles. The first-order valence-electron chi connectivity index (χ1n) is 8.91. The summed E-state index contributed by atoms with van der Waals surface area (Å²) >= 11 is 0. The van der Waals surface area contributed by atoms with Gasteiger partial charge in [0.05, 0.1) is 11.9 Å². The van der Waals surface area contributed by atoms with Gasteiger partial charge in [0, 0.05) is 37.8 Å². The van der Waals surface area contributed by atoms with Crippen molar-refractivity contribution in [2.24, 2.45) is 0 Å². The van der Waals surface area contributed by atoms with Crippen molar-refractivity contribution in [2.45, 2.75) is 32.8 Å². The Balaban J connectivity index is 1.55. The zero-order chi connectivity index (χ0) is 18.7. The third kappa shape index (κ3) is 4.50. The summed E-state index contributed by atoms with van der Waals surface area (Å²) in [6.45, 7) is 7.60. The lowest BCUT2D eigenvalue weighted by atomic mass is 10.1. The van der Waals surface area contributed by atoms with E-state index in [1.807, 2.05) is 51.1 Å². The Hall–Kier alpha value is -2.63. The number of carbonyl (C=O) groups is 2. The van der Waals surface area contributed by atoms with E-state index in [0.717, 1.165) is 16.5 Å². The molecule has 138 valence electrons. The maximum absolute atomic E-state index is 12.6. The van der Waals surface area contributed by atoms with Gasteiger partial charge in [0.15, 0.2) is 0 Å². The van der Waals surface area contributed by atoms with Gasteiger partial charge in [-0.15, -0.1) is 0 Å². The third-order valence-electron chi connectivity index (χ3n) is 4.29. The van der Waals surface area contributed by atoms with Gasteiger partial charge in [0.25, 0.3) is 0 Å². The van der Waals surface area contributed by atoms with Crippen molar-refractivity contribution in [3.8, 4) is 0 Å². The minimum Gasteiger partial charge on any atom is -0.444 e. The van der Waals surface area contributed by atoms with Crippen LogP contribution < -0.4 is 0 Å². The van der Waals surface area contributed by atoms with E-state index in [0.29, 0.717) is 32.6 Å². The average molecular weight is 355 g/mol. The number of aromatic nitrogens is 1. The number of fused-ring (bicyclic) bond motifs is 1. The normalized spacial score (nSPS) is 15.2. The Morgan fingerprint density at radius 2 is 1.73 bits per heavy atom. The molecule has 0 spiro atoms. The third-order valence-corrected chi connectivity index (χ3v) is 4.29. The van der Waals surface area contributed by atoms with Crippen LogP contribution in [0.25, 0.3) is 10.9 Å². The standard InChI is InChI=1S/C20H25N3O3/c1-20(2,3)26-19(25)23-10-8-22(9-11-23)18(24)13-15-12-16-6-4-5-7-17(16)21-14-15/h4-7,12,14H,8-11,13H2,1-3H3. The predicted octanol–water partition coefficient (Wildman–Crippen LogP) is 2.86. The molecule has 6 nitrogen and oxygen atoms in total. The zero-order valence-electron chi connectivity index (χ0n) is 15.6. The van der Waals surface area contributed by atoms with Crippen LogP contribution >= 0.6 is 0 Å². The molecule has 0 radical (unpaired) electrons. The molecule has 2 amide bonds. The molecule has 0 bridgehead atoms. The number of para-hydroxylation sites is 1. The fourth-order valence-corrected chi connectivity index (χ4v) is 2.96. The van der Waals surface area contributed by atoms with Crippen molar-refractivity contribution in [1.29, 1.82) is 0 Å². The number of carbonyl (C=O) groups excluding carboxylic acids is 2. The second-order valence-electron chi connectivity index (χ2n) is 7.56. The molecular weight excluding hydrogens is 330 g/mol.